The largest absolute Gasteiger partial charge is 0.459 e. The third kappa shape index (κ3) is 5.72. The van der Waals surface area contributed by atoms with Gasteiger partial charge in [-0.15, -0.1) is 0 Å². The molecule has 8 heteroatoms. The van der Waals surface area contributed by atoms with Crippen LogP contribution in [0.25, 0.3) is 0 Å². The van der Waals surface area contributed by atoms with E-state index in [4.69, 9.17) is 9.47 Å². The van der Waals surface area contributed by atoms with Gasteiger partial charge in [-0.3, -0.25) is 0 Å². The lowest BCUT2D eigenvalue weighted by atomic mass is 9.43. The number of aliphatic hydroxyl groups is 1. The van der Waals surface area contributed by atoms with Crippen molar-refractivity contribution in [1.29, 1.82) is 0 Å². The summed E-state index contributed by atoms with van der Waals surface area (Å²) in [6.07, 6.45) is 3.28. The van der Waals surface area contributed by atoms with Gasteiger partial charge in [0.25, 0.3) is 0 Å². The lowest BCUT2D eigenvalue weighted by molar-refractivity contribution is -0.290. The van der Waals surface area contributed by atoms with Gasteiger partial charge in [0, 0.05) is 12.2 Å². The number of hydrogen-bond acceptors (Lipinski definition) is 5. The number of ether oxygens (including phenoxy) is 2. The van der Waals surface area contributed by atoms with Gasteiger partial charge in [-0.1, -0.05) is 20.8 Å². The van der Waals surface area contributed by atoms with E-state index in [9.17, 15) is 27.9 Å². The van der Waals surface area contributed by atoms with Crippen molar-refractivity contribution in [1.82, 2.24) is 0 Å². The van der Waals surface area contributed by atoms with Crippen LogP contribution in [0.5, 0.6) is 0 Å². The highest BCUT2D eigenvalue weighted by Gasteiger charge is 2.65. The van der Waals surface area contributed by atoms with E-state index in [0.717, 1.165) is 50.7 Å². The lowest BCUT2D eigenvalue weighted by Crippen LogP contribution is -2.59. The van der Waals surface area contributed by atoms with Crippen LogP contribution in [0.1, 0.15) is 106 Å². The fourth-order valence-corrected chi connectivity index (χ4v) is 9.54. The van der Waals surface area contributed by atoms with Gasteiger partial charge < -0.3 is 14.6 Å². The summed E-state index contributed by atoms with van der Waals surface area (Å²) in [6.45, 7) is 13.9. The number of hydrogen-bond donors (Lipinski definition) is 1. The Morgan fingerprint density at radius 2 is 1.50 bits per heavy atom. The van der Waals surface area contributed by atoms with Crippen molar-refractivity contribution < 1.29 is 37.3 Å². The van der Waals surface area contributed by atoms with Crippen LogP contribution in [0.4, 0.5) is 13.2 Å². The molecule has 0 aromatic rings. The second-order valence-electron chi connectivity index (χ2n) is 15.0. The second kappa shape index (κ2) is 10.6. The predicted octanol–water partition coefficient (Wildman–Crippen LogP) is 7.40. The molecule has 4 rings (SSSR count). The van der Waals surface area contributed by atoms with Gasteiger partial charge in [0.2, 0.25) is 0 Å². The lowest BCUT2D eigenvalue weighted by Gasteiger charge is -2.62. The molecule has 4 saturated carbocycles. The number of carbonyl (C=O) groups excluding carboxylic acids is 2. The van der Waals surface area contributed by atoms with Gasteiger partial charge in [-0.2, -0.15) is 13.2 Å². The first-order valence-electron chi connectivity index (χ1n) is 15.2. The Kier molecular flexibility index (Phi) is 8.32. The Hall–Kier alpha value is -1.57. The first-order valence-corrected chi connectivity index (χ1v) is 15.2. The van der Waals surface area contributed by atoms with Crippen LogP contribution in [0.15, 0.2) is 12.2 Å². The van der Waals surface area contributed by atoms with Crippen molar-refractivity contribution in [3.05, 3.63) is 12.2 Å². The molecule has 4 fully saturated rings. The summed E-state index contributed by atoms with van der Waals surface area (Å²) in [5.41, 5.74) is -3.25. The zero-order chi connectivity index (χ0) is 29.9. The van der Waals surface area contributed by atoms with Gasteiger partial charge in [0.1, 0.15) is 11.7 Å². The van der Waals surface area contributed by atoms with E-state index in [0.29, 0.717) is 30.1 Å². The highest BCUT2D eigenvalue weighted by Crippen LogP contribution is 2.69. The second-order valence-corrected chi connectivity index (χ2v) is 15.0. The van der Waals surface area contributed by atoms with Gasteiger partial charge >= 0.3 is 18.1 Å². The molecule has 0 heterocycles. The minimum atomic E-state index is -4.57. The maximum Gasteiger partial charge on any atom is 0.417 e. The average molecular weight is 571 g/mol. The summed E-state index contributed by atoms with van der Waals surface area (Å²) in [6, 6.07) is 0. The molecule has 0 unspecified atom stereocenters. The quantitative estimate of drug-likeness (QED) is 0.275. The zero-order valence-corrected chi connectivity index (χ0v) is 25.3. The van der Waals surface area contributed by atoms with Crippen LogP contribution in [0.3, 0.4) is 0 Å². The number of esters is 2. The summed E-state index contributed by atoms with van der Waals surface area (Å²) in [5.74, 6) is 0.663. The number of halogens is 3. The summed E-state index contributed by atoms with van der Waals surface area (Å²) in [5, 5.41) is 10.5. The summed E-state index contributed by atoms with van der Waals surface area (Å²) >= 11 is 0. The molecule has 4 aliphatic carbocycles. The summed E-state index contributed by atoms with van der Waals surface area (Å²) < 4.78 is 51.9. The number of fused-ring (bicyclic) bond motifs is 5. The molecule has 0 bridgehead atoms. The first kappa shape index (κ1) is 31.4. The molecule has 0 saturated heterocycles. The normalized spacial score (nSPS) is 41.4. The maximum absolute atomic E-state index is 13.7. The van der Waals surface area contributed by atoms with E-state index in [-0.39, 0.29) is 41.6 Å². The van der Waals surface area contributed by atoms with Crippen LogP contribution in [-0.4, -0.2) is 40.5 Å². The smallest absolute Gasteiger partial charge is 0.417 e. The topological polar surface area (TPSA) is 72.8 Å². The van der Waals surface area contributed by atoms with Crippen molar-refractivity contribution in [2.45, 2.75) is 130 Å². The minimum absolute atomic E-state index is 0.0947. The molecule has 4 aliphatic rings. The molecule has 5 nitrogen and oxygen atoms in total. The molecular formula is C32H49F3O5. The summed E-state index contributed by atoms with van der Waals surface area (Å²) in [7, 11) is 0. The molecule has 1 N–H and O–H groups in total. The van der Waals surface area contributed by atoms with Crippen LogP contribution in [-0.2, 0) is 19.1 Å². The molecular weight excluding hydrogens is 521 g/mol. The van der Waals surface area contributed by atoms with Gasteiger partial charge in [-0.25, -0.2) is 9.59 Å². The third-order valence-electron chi connectivity index (χ3n) is 11.8. The highest BCUT2D eigenvalue weighted by molar-refractivity contribution is 5.91. The number of rotatable bonds is 5. The van der Waals surface area contributed by atoms with Crippen molar-refractivity contribution in [2.75, 3.05) is 0 Å². The Morgan fingerprint density at radius 1 is 0.875 bits per heavy atom. The molecule has 10 atom stereocenters. The van der Waals surface area contributed by atoms with E-state index < -0.39 is 29.3 Å². The van der Waals surface area contributed by atoms with Crippen molar-refractivity contribution in [2.24, 2.45) is 46.3 Å². The van der Waals surface area contributed by atoms with Gasteiger partial charge in [-0.05, 0) is 132 Å². The van der Waals surface area contributed by atoms with Crippen molar-refractivity contribution in [3.63, 3.8) is 0 Å². The Labute approximate surface area is 237 Å². The number of alkyl halides is 3. The molecule has 0 aromatic carbocycles. The Morgan fingerprint density at radius 3 is 2.12 bits per heavy atom. The van der Waals surface area contributed by atoms with Crippen molar-refractivity contribution in [3.8, 4) is 0 Å². The van der Waals surface area contributed by atoms with E-state index >= 15 is 0 Å². The molecule has 228 valence electrons. The van der Waals surface area contributed by atoms with Crippen LogP contribution < -0.4 is 0 Å². The monoisotopic (exact) mass is 570 g/mol. The Balaban J connectivity index is 1.40. The van der Waals surface area contributed by atoms with Crippen LogP contribution in [0.2, 0.25) is 0 Å². The molecule has 40 heavy (non-hydrogen) atoms. The van der Waals surface area contributed by atoms with E-state index in [1.54, 1.807) is 20.8 Å². The average Bonchev–Trinajstić information content (AvgIpc) is 3.18. The van der Waals surface area contributed by atoms with Crippen LogP contribution in [0, 0.1) is 46.3 Å². The fourth-order valence-electron chi connectivity index (χ4n) is 9.54. The third-order valence-corrected chi connectivity index (χ3v) is 11.8. The van der Waals surface area contributed by atoms with Gasteiger partial charge in [0.05, 0.1) is 0 Å². The van der Waals surface area contributed by atoms with E-state index in [1.165, 1.54) is 0 Å². The standard InChI is InChI=1S/C32H49F3O5/c1-19(20(2)39-26(36)12-13-27(37)40-28(3,4)5)23-10-11-24-22-9-8-21-18-31(38,32(33,34)35)17-16-29(21,6)25(22)14-15-30(23,24)7/h12-13,19-25,38H,8-11,14-18H2,1-7H3/b13-12+/t19-,20-,21-,22+,23-,24+,25+,29+,30-,31-/m1/s1. The zero-order valence-electron chi connectivity index (χ0n) is 25.3. The van der Waals surface area contributed by atoms with E-state index in [1.807, 2.05) is 6.92 Å². The molecule has 0 spiro atoms. The highest BCUT2D eigenvalue weighted by atomic mass is 19.4. The predicted molar refractivity (Wildman–Crippen MR) is 146 cm³/mol. The SMILES string of the molecule is C[C@@H]([C@H]1CC[C@H]2[C@@H]3CC[C@@H]4C[C@@](O)(C(F)(F)F)CC[C@]4(C)[C@H]3CC[C@]12C)[C@@H](C)OC(=O)/C=C/C(=O)OC(C)(C)C. The summed E-state index contributed by atoms with van der Waals surface area (Å²) in [4.78, 5) is 24.4. The molecule has 0 aliphatic heterocycles. The molecule has 0 amide bonds. The Bertz CT molecular complexity index is 1000. The van der Waals surface area contributed by atoms with Crippen LogP contribution >= 0.6 is 0 Å². The van der Waals surface area contributed by atoms with Gasteiger partial charge in [0.15, 0.2) is 5.60 Å². The first-order chi connectivity index (χ1) is 18.3. The van der Waals surface area contributed by atoms with E-state index in [2.05, 4.69) is 20.8 Å². The fraction of sp³-hybridized carbons (Fsp3) is 0.875. The molecule has 0 radical (unpaired) electrons. The van der Waals surface area contributed by atoms with Crippen molar-refractivity contribution >= 4 is 11.9 Å². The minimum Gasteiger partial charge on any atom is -0.459 e. The molecule has 0 aromatic heterocycles. The number of carbonyl (C=O) groups is 2. The maximum atomic E-state index is 13.7.